The summed E-state index contributed by atoms with van der Waals surface area (Å²) >= 11 is 0. The van der Waals surface area contributed by atoms with Crippen LogP contribution >= 0.6 is 0 Å². The van der Waals surface area contributed by atoms with Gasteiger partial charge in [0.1, 0.15) is 6.61 Å². The van der Waals surface area contributed by atoms with Crippen LogP contribution in [-0.2, 0) is 16.1 Å². The van der Waals surface area contributed by atoms with E-state index >= 15 is 0 Å². The zero-order chi connectivity index (χ0) is 15.2. The molecule has 0 saturated carbocycles. The standard InChI is InChI=1S/C17H26N2O2/c1-13-4-5-14(2)16(8-13)11-19-7-6-15(10-19)9-18-17(20)12-21-3/h4-5,8,15H,6-7,9-12H2,1-3H3,(H,18,20)/t15-/m1/s1. The number of hydrogen-bond acceptors (Lipinski definition) is 3. The van der Waals surface area contributed by atoms with Gasteiger partial charge in [0.2, 0.25) is 5.91 Å². The minimum absolute atomic E-state index is 0.0227. The van der Waals surface area contributed by atoms with E-state index in [-0.39, 0.29) is 12.5 Å². The van der Waals surface area contributed by atoms with Gasteiger partial charge < -0.3 is 10.1 Å². The van der Waals surface area contributed by atoms with Gasteiger partial charge in [-0.2, -0.15) is 0 Å². The molecule has 1 heterocycles. The molecule has 1 N–H and O–H groups in total. The molecule has 0 aliphatic carbocycles. The summed E-state index contributed by atoms with van der Waals surface area (Å²) in [7, 11) is 1.54. The van der Waals surface area contributed by atoms with Crippen LogP contribution in [0.2, 0.25) is 0 Å². The maximum Gasteiger partial charge on any atom is 0.245 e. The second-order valence-corrected chi connectivity index (χ2v) is 6.06. The van der Waals surface area contributed by atoms with E-state index in [4.69, 9.17) is 4.74 Å². The Hall–Kier alpha value is -1.39. The van der Waals surface area contributed by atoms with E-state index in [2.05, 4.69) is 42.3 Å². The summed E-state index contributed by atoms with van der Waals surface area (Å²) in [5, 5.41) is 2.94. The molecule has 0 unspecified atom stereocenters. The Kier molecular flexibility index (Phi) is 5.76. The summed E-state index contributed by atoms with van der Waals surface area (Å²) in [5.74, 6) is 0.529. The SMILES string of the molecule is COCC(=O)NC[C@H]1CCN(Cc2cc(C)ccc2C)C1. The van der Waals surface area contributed by atoms with Gasteiger partial charge in [-0.15, -0.1) is 0 Å². The second-order valence-electron chi connectivity index (χ2n) is 6.06. The molecule has 1 aliphatic rings. The van der Waals surface area contributed by atoms with Crippen LogP contribution in [-0.4, -0.2) is 44.2 Å². The highest BCUT2D eigenvalue weighted by molar-refractivity contribution is 5.77. The highest BCUT2D eigenvalue weighted by atomic mass is 16.5. The number of rotatable bonds is 6. The van der Waals surface area contributed by atoms with Gasteiger partial charge in [-0.1, -0.05) is 23.8 Å². The number of methoxy groups -OCH3 is 1. The fourth-order valence-electron chi connectivity index (χ4n) is 2.87. The second kappa shape index (κ2) is 7.57. The molecule has 116 valence electrons. The largest absolute Gasteiger partial charge is 0.375 e. The maximum absolute atomic E-state index is 11.4. The fourth-order valence-corrected chi connectivity index (χ4v) is 2.87. The molecule has 1 aromatic rings. The van der Waals surface area contributed by atoms with Crippen molar-refractivity contribution in [3.05, 3.63) is 34.9 Å². The minimum atomic E-state index is -0.0227. The highest BCUT2D eigenvalue weighted by Gasteiger charge is 2.23. The van der Waals surface area contributed by atoms with Crippen molar-refractivity contribution in [1.29, 1.82) is 0 Å². The number of aryl methyl sites for hydroxylation is 2. The number of carbonyl (C=O) groups excluding carboxylic acids is 1. The number of nitrogens with zero attached hydrogens (tertiary/aromatic N) is 1. The molecule has 1 fully saturated rings. The third-order valence-electron chi connectivity index (χ3n) is 4.13. The van der Waals surface area contributed by atoms with Crippen LogP contribution in [0.15, 0.2) is 18.2 Å². The highest BCUT2D eigenvalue weighted by Crippen LogP contribution is 2.20. The van der Waals surface area contributed by atoms with Gasteiger partial charge in [0.05, 0.1) is 0 Å². The van der Waals surface area contributed by atoms with Gasteiger partial charge in [-0.05, 0) is 43.9 Å². The summed E-state index contributed by atoms with van der Waals surface area (Å²) in [6.07, 6.45) is 1.15. The molecule has 21 heavy (non-hydrogen) atoms. The molecule has 1 saturated heterocycles. The van der Waals surface area contributed by atoms with Crippen LogP contribution in [0.1, 0.15) is 23.1 Å². The van der Waals surface area contributed by atoms with Crippen LogP contribution in [0, 0.1) is 19.8 Å². The zero-order valence-electron chi connectivity index (χ0n) is 13.3. The first kappa shape index (κ1) is 16.0. The fraction of sp³-hybridized carbons (Fsp3) is 0.588. The number of nitrogens with one attached hydrogen (secondary N) is 1. The van der Waals surface area contributed by atoms with Crippen molar-refractivity contribution in [2.24, 2.45) is 5.92 Å². The molecule has 0 radical (unpaired) electrons. The minimum Gasteiger partial charge on any atom is -0.375 e. The molecule has 0 aromatic heterocycles. The van der Waals surface area contributed by atoms with Crippen molar-refractivity contribution in [3.8, 4) is 0 Å². The van der Waals surface area contributed by atoms with Crippen molar-refractivity contribution in [2.45, 2.75) is 26.8 Å². The van der Waals surface area contributed by atoms with Crippen molar-refractivity contribution >= 4 is 5.91 Å². The summed E-state index contributed by atoms with van der Waals surface area (Å²) in [5.41, 5.74) is 4.09. The van der Waals surface area contributed by atoms with E-state index in [1.807, 2.05) is 0 Å². The van der Waals surface area contributed by atoms with E-state index in [0.717, 1.165) is 32.6 Å². The van der Waals surface area contributed by atoms with E-state index in [0.29, 0.717) is 5.92 Å². The predicted molar refractivity (Wildman–Crippen MR) is 84.2 cm³/mol. The normalized spacial score (nSPS) is 18.9. The number of amides is 1. The first-order chi connectivity index (χ1) is 10.1. The van der Waals surface area contributed by atoms with E-state index in [9.17, 15) is 4.79 Å². The van der Waals surface area contributed by atoms with Gasteiger partial charge in [-0.3, -0.25) is 9.69 Å². The molecule has 0 bridgehead atoms. The van der Waals surface area contributed by atoms with Crippen LogP contribution < -0.4 is 5.32 Å². The first-order valence-corrected chi connectivity index (χ1v) is 7.62. The van der Waals surface area contributed by atoms with Crippen molar-refractivity contribution < 1.29 is 9.53 Å². The van der Waals surface area contributed by atoms with Gasteiger partial charge in [0.15, 0.2) is 0 Å². The van der Waals surface area contributed by atoms with Crippen LogP contribution in [0.5, 0.6) is 0 Å². The summed E-state index contributed by atoms with van der Waals surface area (Å²) in [6.45, 7) is 8.40. The summed E-state index contributed by atoms with van der Waals surface area (Å²) < 4.78 is 4.82. The van der Waals surface area contributed by atoms with E-state index in [1.165, 1.54) is 16.7 Å². The number of ether oxygens (including phenoxy) is 1. The molecule has 4 nitrogen and oxygen atoms in total. The quantitative estimate of drug-likeness (QED) is 0.870. The van der Waals surface area contributed by atoms with E-state index in [1.54, 1.807) is 7.11 Å². The zero-order valence-corrected chi connectivity index (χ0v) is 13.3. The Labute approximate surface area is 127 Å². The third-order valence-corrected chi connectivity index (χ3v) is 4.13. The van der Waals surface area contributed by atoms with E-state index < -0.39 is 0 Å². The lowest BCUT2D eigenvalue weighted by Crippen LogP contribution is -2.33. The smallest absolute Gasteiger partial charge is 0.245 e. The van der Waals surface area contributed by atoms with Crippen molar-refractivity contribution in [3.63, 3.8) is 0 Å². The Balaban J connectivity index is 1.80. The average molecular weight is 290 g/mol. The van der Waals surface area contributed by atoms with Gasteiger partial charge in [0, 0.05) is 26.7 Å². The third kappa shape index (κ3) is 4.83. The Morgan fingerprint density at radius 1 is 1.43 bits per heavy atom. The number of benzene rings is 1. The molecule has 1 aliphatic heterocycles. The Bertz CT molecular complexity index is 488. The molecular formula is C17H26N2O2. The lowest BCUT2D eigenvalue weighted by Gasteiger charge is -2.18. The Morgan fingerprint density at radius 2 is 2.24 bits per heavy atom. The van der Waals surface area contributed by atoms with Crippen LogP contribution in [0.3, 0.4) is 0 Å². The van der Waals surface area contributed by atoms with Gasteiger partial charge >= 0.3 is 0 Å². The molecular weight excluding hydrogens is 264 g/mol. The number of hydrogen-bond donors (Lipinski definition) is 1. The monoisotopic (exact) mass is 290 g/mol. The maximum atomic E-state index is 11.4. The number of likely N-dealkylation sites (tertiary alicyclic amines) is 1. The lowest BCUT2D eigenvalue weighted by atomic mass is 10.1. The molecule has 0 spiro atoms. The topological polar surface area (TPSA) is 41.6 Å². The van der Waals surface area contributed by atoms with Gasteiger partial charge in [0.25, 0.3) is 0 Å². The predicted octanol–water partition coefficient (Wildman–Crippen LogP) is 1.89. The molecule has 1 atom stereocenters. The Morgan fingerprint density at radius 3 is 3.00 bits per heavy atom. The summed E-state index contributed by atoms with van der Waals surface area (Å²) in [4.78, 5) is 13.9. The van der Waals surface area contributed by atoms with Crippen molar-refractivity contribution in [1.82, 2.24) is 10.2 Å². The van der Waals surface area contributed by atoms with Crippen LogP contribution in [0.4, 0.5) is 0 Å². The molecule has 1 aromatic carbocycles. The number of carbonyl (C=O) groups is 1. The molecule has 4 heteroatoms. The summed E-state index contributed by atoms with van der Waals surface area (Å²) in [6, 6.07) is 6.64. The van der Waals surface area contributed by atoms with Gasteiger partial charge in [-0.25, -0.2) is 0 Å². The molecule has 2 rings (SSSR count). The lowest BCUT2D eigenvalue weighted by molar-refractivity contribution is -0.124. The van der Waals surface area contributed by atoms with Crippen molar-refractivity contribution in [2.75, 3.05) is 33.4 Å². The first-order valence-electron chi connectivity index (χ1n) is 7.62. The average Bonchev–Trinajstić information content (AvgIpc) is 2.89. The molecule has 1 amide bonds. The van der Waals surface area contributed by atoms with Crippen LogP contribution in [0.25, 0.3) is 0 Å².